The van der Waals surface area contributed by atoms with Crippen molar-refractivity contribution in [2.24, 2.45) is 0 Å². The summed E-state index contributed by atoms with van der Waals surface area (Å²) >= 11 is 1.01. The van der Waals surface area contributed by atoms with E-state index >= 15 is 0 Å². The molecule has 0 fully saturated rings. The van der Waals surface area contributed by atoms with Gasteiger partial charge < -0.3 is 15.0 Å². The molecule has 0 spiro atoms. The lowest BCUT2D eigenvalue weighted by Gasteiger charge is -2.07. The number of amides is 1. The molecule has 0 atom stereocenters. The second-order valence-electron chi connectivity index (χ2n) is 4.79. The predicted molar refractivity (Wildman–Crippen MR) is 91.1 cm³/mol. The number of ether oxygens (including phenoxy) is 1. The van der Waals surface area contributed by atoms with Crippen LogP contribution in [0.1, 0.15) is 11.3 Å². The molecule has 0 aliphatic carbocycles. The molecule has 0 bridgehead atoms. The Kier molecular flexibility index (Phi) is 6.31. The van der Waals surface area contributed by atoms with Crippen LogP contribution in [-0.2, 0) is 20.7 Å². The number of thioether (sulfide) groups is 1. The molecule has 0 saturated carbocycles. The number of hydrogen-bond donors (Lipinski definition) is 2. The van der Waals surface area contributed by atoms with Crippen molar-refractivity contribution in [3.05, 3.63) is 51.9 Å². The summed E-state index contributed by atoms with van der Waals surface area (Å²) in [7, 11) is 1.24. The van der Waals surface area contributed by atoms with Gasteiger partial charge in [-0.25, -0.2) is 4.98 Å². The molecule has 1 heterocycles. The largest absolute Gasteiger partial charge is 0.469 e. The van der Waals surface area contributed by atoms with E-state index in [1.165, 1.54) is 13.2 Å². The average Bonchev–Trinajstić information content (AvgIpc) is 2.60. The molecule has 25 heavy (non-hydrogen) atoms. The number of nitriles is 1. The molecular weight excluding hydrogens is 344 g/mol. The van der Waals surface area contributed by atoms with Gasteiger partial charge in [-0.2, -0.15) is 5.26 Å². The zero-order valence-electron chi connectivity index (χ0n) is 13.2. The third-order valence-electron chi connectivity index (χ3n) is 2.99. The fraction of sp³-hybridized carbons (Fsp3) is 0.188. The van der Waals surface area contributed by atoms with Gasteiger partial charge in [-0.15, -0.1) is 0 Å². The highest BCUT2D eigenvalue weighted by atomic mass is 32.2. The smallest absolute Gasteiger partial charge is 0.311 e. The topological polar surface area (TPSA) is 125 Å². The molecule has 128 valence electrons. The second kappa shape index (κ2) is 8.65. The van der Waals surface area contributed by atoms with Gasteiger partial charge in [0.2, 0.25) is 5.91 Å². The number of carbonyl (C=O) groups excluding carboxylic acids is 2. The molecule has 0 aliphatic heterocycles. The number of rotatable bonds is 6. The molecule has 1 aromatic carbocycles. The highest BCUT2D eigenvalue weighted by molar-refractivity contribution is 7.99. The highest BCUT2D eigenvalue weighted by Gasteiger charge is 2.11. The second-order valence-corrected chi connectivity index (χ2v) is 5.75. The number of anilines is 1. The van der Waals surface area contributed by atoms with Crippen molar-refractivity contribution < 1.29 is 14.3 Å². The number of nitrogens with one attached hydrogen (secondary N) is 2. The first-order valence-corrected chi connectivity index (χ1v) is 8.09. The summed E-state index contributed by atoms with van der Waals surface area (Å²) in [5, 5.41) is 11.8. The molecule has 8 nitrogen and oxygen atoms in total. The Labute approximate surface area is 147 Å². The Balaban J connectivity index is 2.01. The molecule has 1 aromatic heterocycles. The van der Waals surface area contributed by atoms with E-state index in [-0.39, 0.29) is 28.9 Å². The van der Waals surface area contributed by atoms with Gasteiger partial charge in [-0.3, -0.25) is 14.4 Å². The summed E-state index contributed by atoms with van der Waals surface area (Å²) in [6, 6.07) is 9.81. The maximum Gasteiger partial charge on any atom is 0.311 e. The van der Waals surface area contributed by atoms with Crippen LogP contribution in [0.15, 0.2) is 40.3 Å². The molecule has 2 aromatic rings. The van der Waals surface area contributed by atoms with E-state index in [1.807, 2.05) is 6.07 Å². The van der Waals surface area contributed by atoms with Crippen LogP contribution in [0.2, 0.25) is 0 Å². The average molecular weight is 358 g/mol. The van der Waals surface area contributed by atoms with Crippen LogP contribution in [0.25, 0.3) is 0 Å². The highest BCUT2D eigenvalue weighted by Crippen LogP contribution is 2.16. The van der Waals surface area contributed by atoms with Crippen molar-refractivity contribution in [3.63, 3.8) is 0 Å². The summed E-state index contributed by atoms with van der Waals surface area (Å²) in [4.78, 5) is 41.5. The molecular formula is C16H14N4O4S. The number of methoxy groups -OCH3 is 1. The molecule has 0 aliphatic rings. The maximum atomic E-state index is 12.0. The van der Waals surface area contributed by atoms with Gasteiger partial charge in [0, 0.05) is 6.07 Å². The molecule has 9 heteroatoms. The normalized spacial score (nSPS) is 9.92. The van der Waals surface area contributed by atoms with Crippen molar-refractivity contribution in [2.45, 2.75) is 11.6 Å². The van der Waals surface area contributed by atoms with Gasteiger partial charge in [0.25, 0.3) is 5.56 Å². The molecule has 0 unspecified atom stereocenters. The minimum absolute atomic E-state index is 0.0234. The summed E-state index contributed by atoms with van der Waals surface area (Å²) in [6.07, 6.45) is -0.129. The van der Waals surface area contributed by atoms with Crippen molar-refractivity contribution in [2.75, 3.05) is 18.2 Å². The Morgan fingerprint density at radius 1 is 1.40 bits per heavy atom. The number of aromatic nitrogens is 2. The third-order valence-corrected chi connectivity index (χ3v) is 3.86. The minimum Gasteiger partial charge on any atom is -0.469 e. The lowest BCUT2D eigenvalue weighted by atomic mass is 10.2. The van der Waals surface area contributed by atoms with Crippen molar-refractivity contribution >= 4 is 29.3 Å². The van der Waals surface area contributed by atoms with Gasteiger partial charge in [0.1, 0.15) is 6.07 Å². The van der Waals surface area contributed by atoms with Crippen molar-refractivity contribution in [1.82, 2.24) is 9.97 Å². The van der Waals surface area contributed by atoms with Crippen molar-refractivity contribution in [3.8, 4) is 6.07 Å². The number of benzene rings is 1. The van der Waals surface area contributed by atoms with Crippen LogP contribution in [0, 0.1) is 11.3 Å². The monoisotopic (exact) mass is 358 g/mol. The van der Waals surface area contributed by atoms with Crippen LogP contribution >= 0.6 is 11.8 Å². The first-order chi connectivity index (χ1) is 12.0. The standard InChI is InChI=1S/C16H14N4O4S/c1-24-15(23)7-11-6-13(21)20-16(18-11)25-9-14(22)19-12-5-3-2-4-10(12)8-17/h2-6H,7,9H2,1H3,(H,19,22)(H,18,20,21). The van der Waals surface area contributed by atoms with Gasteiger partial charge in [-0.05, 0) is 12.1 Å². The molecule has 1 amide bonds. The Hall–Kier alpha value is -3.12. The van der Waals surface area contributed by atoms with E-state index in [4.69, 9.17) is 5.26 Å². The number of para-hydroxylation sites is 1. The summed E-state index contributed by atoms with van der Waals surface area (Å²) in [5.74, 6) is -0.890. The molecule has 2 N–H and O–H groups in total. The van der Waals surface area contributed by atoms with E-state index in [1.54, 1.807) is 24.3 Å². The SMILES string of the molecule is COC(=O)Cc1cc(=O)[nH]c(SCC(=O)Nc2ccccc2C#N)n1. The Morgan fingerprint density at radius 3 is 2.88 bits per heavy atom. The van der Waals surface area contributed by atoms with E-state index in [0.717, 1.165) is 11.8 Å². The minimum atomic E-state index is -0.514. The fourth-order valence-electron chi connectivity index (χ4n) is 1.87. The Morgan fingerprint density at radius 2 is 2.16 bits per heavy atom. The van der Waals surface area contributed by atoms with Crippen LogP contribution in [0.5, 0.6) is 0 Å². The molecule has 0 radical (unpaired) electrons. The molecule has 0 saturated heterocycles. The van der Waals surface area contributed by atoms with E-state index in [0.29, 0.717) is 11.3 Å². The number of aromatic amines is 1. The zero-order valence-corrected chi connectivity index (χ0v) is 14.1. The first kappa shape index (κ1) is 18.2. The van der Waals surface area contributed by atoms with Gasteiger partial charge in [-0.1, -0.05) is 23.9 Å². The van der Waals surface area contributed by atoms with Crippen molar-refractivity contribution in [1.29, 1.82) is 5.26 Å². The lowest BCUT2D eigenvalue weighted by molar-refractivity contribution is -0.139. The zero-order chi connectivity index (χ0) is 18.2. The van der Waals surface area contributed by atoms with Gasteiger partial charge in [0.15, 0.2) is 5.16 Å². The number of carbonyl (C=O) groups is 2. The Bertz CT molecular complexity index is 888. The number of nitrogens with zero attached hydrogens (tertiary/aromatic N) is 2. The first-order valence-electron chi connectivity index (χ1n) is 7.10. The molecule has 2 rings (SSSR count). The van der Waals surface area contributed by atoms with Crippen LogP contribution < -0.4 is 10.9 Å². The number of hydrogen-bond acceptors (Lipinski definition) is 7. The number of H-pyrrole nitrogens is 1. The van der Waals surface area contributed by atoms with Crippen LogP contribution in [0.3, 0.4) is 0 Å². The summed E-state index contributed by atoms with van der Waals surface area (Å²) in [5.41, 5.74) is 0.601. The van der Waals surface area contributed by atoms with E-state index in [9.17, 15) is 14.4 Å². The quantitative estimate of drug-likeness (QED) is 0.450. The van der Waals surface area contributed by atoms with E-state index < -0.39 is 11.5 Å². The maximum absolute atomic E-state index is 12.0. The van der Waals surface area contributed by atoms with Gasteiger partial charge >= 0.3 is 5.97 Å². The lowest BCUT2D eigenvalue weighted by Crippen LogP contribution is -2.17. The van der Waals surface area contributed by atoms with Gasteiger partial charge in [0.05, 0.1) is 36.2 Å². The predicted octanol–water partition coefficient (Wildman–Crippen LogP) is 1.09. The summed E-state index contributed by atoms with van der Waals surface area (Å²) in [6.45, 7) is 0. The van der Waals surface area contributed by atoms with Crippen LogP contribution in [-0.4, -0.2) is 34.7 Å². The van der Waals surface area contributed by atoms with Crippen LogP contribution in [0.4, 0.5) is 5.69 Å². The van der Waals surface area contributed by atoms with E-state index in [2.05, 4.69) is 20.0 Å². The summed E-state index contributed by atoms with van der Waals surface area (Å²) < 4.78 is 4.53. The third kappa shape index (κ3) is 5.47. The number of esters is 1. The fourth-order valence-corrected chi connectivity index (χ4v) is 2.57.